The lowest BCUT2D eigenvalue weighted by molar-refractivity contribution is 0.0485. The minimum Gasteiger partial charge on any atom is -0.443 e. The first-order valence-corrected chi connectivity index (χ1v) is 7.82. The first-order valence-electron chi connectivity index (χ1n) is 7.82. The Kier molecular flexibility index (Phi) is 5.87. The number of rotatable bonds is 2. The highest BCUT2D eigenvalue weighted by Crippen LogP contribution is 2.36. The van der Waals surface area contributed by atoms with Gasteiger partial charge in [0.2, 0.25) is 0 Å². The number of hydrazine groups is 1. The largest absolute Gasteiger partial charge is 0.443 e. The summed E-state index contributed by atoms with van der Waals surface area (Å²) < 4.78 is 5.22. The molecule has 1 rings (SSSR count). The molecular weight excluding hydrogens is 252 g/mol. The standard InChI is InChI=1S/C16H32N2O2/c1-15(2,3)12-8-7-9-13(11-10-12)17-18-14(19)20-16(4,5)6/h12-13,17H,7-11H2,1-6H3,(H,18,19). The zero-order valence-electron chi connectivity index (χ0n) is 14.0. The van der Waals surface area contributed by atoms with Crippen LogP contribution in [0, 0.1) is 11.3 Å². The molecule has 1 aliphatic rings. The third-order valence-corrected chi connectivity index (χ3v) is 3.97. The zero-order chi connectivity index (χ0) is 15.4. The summed E-state index contributed by atoms with van der Waals surface area (Å²) in [6.45, 7) is 12.6. The summed E-state index contributed by atoms with van der Waals surface area (Å²) >= 11 is 0. The third kappa shape index (κ3) is 6.60. The van der Waals surface area contributed by atoms with Crippen LogP contribution in [0.2, 0.25) is 0 Å². The van der Waals surface area contributed by atoms with Crippen LogP contribution in [0.4, 0.5) is 4.79 Å². The number of nitrogens with one attached hydrogen (secondary N) is 2. The van der Waals surface area contributed by atoms with Gasteiger partial charge in [-0.3, -0.25) is 5.43 Å². The molecule has 4 nitrogen and oxygen atoms in total. The fourth-order valence-electron chi connectivity index (χ4n) is 2.78. The predicted octanol–water partition coefficient (Wildman–Crippen LogP) is 4.01. The quantitative estimate of drug-likeness (QED) is 0.595. The normalized spacial score (nSPS) is 24.9. The highest BCUT2D eigenvalue weighted by Gasteiger charge is 2.28. The van der Waals surface area contributed by atoms with Crippen molar-refractivity contribution >= 4 is 6.09 Å². The lowest BCUT2D eigenvalue weighted by Gasteiger charge is -2.29. The molecule has 0 aromatic rings. The summed E-state index contributed by atoms with van der Waals surface area (Å²) in [6, 6.07) is 0.356. The van der Waals surface area contributed by atoms with E-state index < -0.39 is 11.7 Å². The van der Waals surface area contributed by atoms with Gasteiger partial charge in [0.25, 0.3) is 0 Å². The van der Waals surface area contributed by atoms with E-state index in [0.29, 0.717) is 11.5 Å². The van der Waals surface area contributed by atoms with Gasteiger partial charge in [0.1, 0.15) is 5.60 Å². The van der Waals surface area contributed by atoms with E-state index in [1.54, 1.807) is 0 Å². The fraction of sp³-hybridized carbons (Fsp3) is 0.938. The topological polar surface area (TPSA) is 50.4 Å². The fourth-order valence-corrected chi connectivity index (χ4v) is 2.78. The summed E-state index contributed by atoms with van der Waals surface area (Å²) in [7, 11) is 0. The molecule has 20 heavy (non-hydrogen) atoms. The average Bonchev–Trinajstić information content (AvgIpc) is 2.48. The van der Waals surface area contributed by atoms with Crippen LogP contribution in [0.1, 0.15) is 73.6 Å². The van der Waals surface area contributed by atoms with E-state index in [-0.39, 0.29) is 0 Å². The summed E-state index contributed by atoms with van der Waals surface area (Å²) in [5, 5.41) is 0. The van der Waals surface area contributed by atoms with Crippen LogP contribution in [0.5, 0.6) is 0 Å². The van der Waals surface area contributed by atoms with Crippen molar-refractivity contribution in [2.24, 2.45) is 11.3 Å². The molecule has 0 aromatic carbocycles. The molecule has 118 valence electrons. The van der Waals surface area contributed by atoms with Gasteiger partial charge in [0, 0.05) is 6.04 Å². The number of amides is 1. The van der Waals surface area contributed by atoms with Gasteiger partial charge in [0.15, 0.2) is 0 Å². The predicted molar refractivity (Wildman–Crippen MR) is 82.3 cm³/mol. The molecule has 0 saturated heterocycles. The average molecular weight is 284 g/mol. The number of hydrogen-bond acceptors (Lipinski definition) is 3. The minimum atomic E-state index is -0.452. The highest BCUT2D eigenvalue weighted by atomic mass is 16.6. The number of carbonyl (C=O) groups excluding carboxylic acids is 1. The van der Waals surface area contributed by atoms with Crippen molar-refractivity contribution in [2.45, 2.75) is 85.3 Å². The molecule has 1 fully saturated rings. The number of hydrogen-bond donors (Lipinski definition) is 2. The van der Waals surface area contributed by atoms with Crippen LogP contribution in [-0.2, 0) is 4.74 Å². The molecule has 0 spiro atoms. The second-order valence-electron chi connectivity index (χ2n) is 8.04. The third-order valence-electron chi connectivity index (χ3n) is 3.97. The van der Waals surface area contributed by atoms with Crippen molar-refractivity contribution in [3.8, 4) is 0 Å². The van der Waals surface area contributed by atoms with Gasteiger partial charge < -0.3 is 4.74 Å². The van der Waals surface area contributed by atoms with Crippen molar-refractivity contribution in [2.75, 3.05) is 0 Å². The van der Waals surface area contributed by atoms with Crippen LogP contribution in [0.3, 0.4) is 0 Å². The second kappa shape index (κ2) is 6.79. The van der Waals surface area contributed by atoms with Gasteiger partial charge in [-0.1, -0.05) is 27.2 Å². The monoisotopic (exact) mass is 284 g/mol. The maximum Gasteiger partial charge on any atom is 0.422 e. The maximum atomic E-state index is 11.6. The van der Waals surface area contributed by atoms with Crippen molar-refractivity contribution in [1.29, 1.82) is 0 Å². The molecule has 2 atom stereocenters. The van der Waals surface area contributed by atoms with Gasteiger partial charge in [-0.05, 0) is 57.8 Å². The second-order valence-corrected chi connectivity index (χ2v) is 8.04. The molecule has 0 aromatic heterocycles. The Hall–Kier alpha value is -0.770. The molecule has 1 saturated carbocycles. The SMILES string of the molecule is CC(C)(C)OC(=O)NNC1CCCC(C(C)(C)C)CC1. The zero-order valence-corrected chi connectivity index (χ0v) is 14.0. The minimum absolute atomic E-state index is 0.356. The number of ether oxygens (including phenoxy) is 1. The van der Waals surface area contributed by atoms with Crippen molar-refractivity contribution in [1.82, 2.24) is 10.9 Å². The van der Waals surface area contributed by atoms with Gasteiger partial charge in [0.05, 0.1) is 0 Å². The van der Waals surface area contributed by atoms with E-state index in [1.165, 1.54) is 19.3 Å². The van der Waals surface area contributed by atoms with Crippen LogP contribution >= 0.6 is 0 Å². The van der Waals surface area contributed by atoms with Gasteiger partial charge in [-0.2, -0.15) is 0 Å². The van der Waals surface area contributed by atoms with Crippen LogP contribution in [-0.4, -0.2) is 17.7 Å². The molecule has 4 heteroatoms. The Morgan fingerprint density at radius 3 is 2.20 bits per heavy atom. The van der Waals surface area contributed by atoms with E-state index in [9.17, 15) is 4.79 Å². The first-order chi connectivity index (χ1) is 9.08. The maximum absolute atomic E-state index is 11.6. The Balaban J connectivity index is 2.34. The Bertz CT molecular complexity index is 315. The van der Waals surface area contributed by atoms with E-state index in [2.05, 4.69) is 31.6 Å². The molecular formula is C16H32N2O2. The molecule has 1 amide bonds. The van der Waals surface area contributed by atoms with Crippen molar-refractivity contribution < 1.29 is 9.53 Å². The smallest absolute Gasteiger partial charge is 0.422 e. The van der Waals surface area contributed by atoms with Gasteiger partial charge in [-0.15, -0.1) is 0 Å². The van der Waals surface area contributed by atoms with Crippen LogP contribution in [0.25, 0.3) is 0 Å². The summed E-state index contributed by atoms with van der Waals surface area (Å²) in [5.74, 6) is 0.774. The summed E-state index contributed by atoms with van der Waals surface area (Å²) in [5.41, 5.74) is 5.74. The summed E-state index contributed by atoms with van der Waals surface area (Å²) in [4.78, 5) is 11.6. The van der Waals surface area contributed by atoms with E-state index in [1.807, 2.05) is 20.8 Å². The molecule has 0 bridgehead atoms. The lowest BCUT2D eigenvalue weighted by Crippen LogP contribution is -2.46. The molecule has 2 N–H and O–H groups in total. The molecule has 0 heterocycles. The van der Waals surface area contributed by atoms with Crippen LogP contribution in [0.15, 0.2) is 0 Å². The van der Waals surface area contributed by atoms with Crippen molar-refractivity contribution in [3.05, 3.63) is 0 Å². The Morgan fingerprint density at radius 1 is 1.00 bits per heavy atom. The number of carbonyl (C=O) groups is 1. The molecule has 2 unspecified atom stereocenters. The molecule has 0 aliphatic heterocycles. The lowest BCUT2D eigenvalue weighted by atomic mass is 9.76. The van der Waals surface area contributed by atoms with Crippen molar-refractivity contribution in [3.63, 3.8) is 0 Å². The van der Waals surface area contributed by atoms with E-state index in [0.717, 1.165) is 18.8 Å². The Labute approximate surface area is 124 Å². The first kappa shape index (κ1) is 17.3. The highest BCUT2D eigenvalue weighted by molar-refractivity contribution is 5.67. The van der Waals surface area contributed by atoms with Crippen LogP contribution < -0.4 is 10.9 Å². The van der Waals surface area contributed by atoms with Gasteiger partial charge >= 0.3 is 6.09 Å². The van der Waals surface area contributed by atoms with E-state index >= 15 is 0 Å². The molecule has 0 radical (unpaired) electrons. The Morgan fingerprint density at radius 2 is 1.65 bits per heavy atom. The molecule has 1 aliphatic carbocycles. The van der Waals surface area contributed by atoms with E-state index in [4.69, 9.17) is 4.74 Å². The van der Waals surface area contributed by atoms with Gasteiger partial charge in [-0.25, -0.2) is 10.2 Å². The summed E-state index contributed by atoms with van der Waals surface area (Å²) in [6.07, 6.45) is 5.55.